The van der Waals surface area contributed by atoms with Crippen molar-refractivity contribution in [2.45, 2.75) is 4.66 Å². The fourth-order valence-corrected chi connectivity index (χ4v) is 274. The van der Waals surface area contributed by atoms with E-state index in [1.165, 1.54) is -1.88 Å². The second-order valence-corrected chi connectivity index (χ2v) is 92.7. The topological polar surface area (TPSA) is 9.23 Å². The first-order valence-electron chi connectivity index (χ1n) is 3.32. The van der Waals surface area contributed by atoms with Gasteiger partial charge in [-0.25, -0.2) is 0 Å². The van der Waals surface area contributed by atoms with Gasteiger partial charge < -0.3 is 0 Å². The van der Waals surface area contributed by atoms with Crippen molar-refractivity contribution < 1.29 is 73.3 Å². The minimum atomic E-state index is -0.921. The molecule has 4 aliphatic rings. The second-order valence-electron chi connectivity index (χ2n) is 2.91. The van der Waals surface area contributed by atoms with Crippen LogP contribution in [0.1, 0.15) is 0 Å². The van der Waals surface area contributed by atoms with Crippen LogP contribution in [0.15, 0.2) is 0 Å². The number of hydrogen-bond acceptors (Lipinski definition) is 1. The Morgan fingerprint density at radius 2 is 1.42 bits per heavy atom. The van der Waals surface area contributed by atoms with E-state index < -0.39 is 8.32 Å². The summed E-state index contributed by atoms with van der Waals surface area (Å²) in [6, 6.07) is 0. The summed E-state index contributed by atoms with van der Waals surface area (Å²) in [5, 5.41) is 0. The van der Waals surface area contributed by atoms with Crippen molar-refractivity contribution in [2.75, 3.05) is 7.11 Å². The Hall–Kier alpha value is 4.56. The zero-order valence-electron chi connectivity index (χ0n) is 6.18. The van der Waals surface area contributed by atoms with Crippen LogP contribution >= 0.6 is 23.7 Å². The van der Waals surface area contributed by atoms with Gasteiger partial charge in [-0.2, -0.15) is 0 Å². The van der Waals surface area contributed by atoms with E-state index >= 15 is 0 Å². The first kappa shape index (κ1) is 10.5. The van der Waals surface area contributed by atoms with Gasteiger partial charge in [-0.1, -0.05) is 0 Å². The molecule has 4 rings (SSSR count). The van der Waals surface area contributed by atoms with Crippen molar-refractivity contribution >= 4 is 32.1 Å². The third kappa shape index (κ3) is 1.09. The molecular formula is C4H6I6OSi-4. The molecule has 0 spiro atoms. The second kappa shape index (κ2) is 2.93. The molecule has 0 amide bonds. The molecule has 0 unspecified atom stereocenters. The van der Waals surface area contributed by atoms with Gasteiger partial charge in [0.05, 0.1) is 0 Å². The van der Waals surface area contributed by atoms with Gasteiger partial charge in [-0.15, -0.1) is 0 Å². The van der Waals surface area contributed by atoms with Crippen LogP contribution in [-0.2, 0) is 4.43 Å². The van der Waals surface area contributed by atoms with Crippen LogP contribution in [0.2, 0.25) is 6.55 Å². The molecule has 12 heavy (non-hydrogen) atoms. The number of rotatable bonds is 3. The first-order valence-corrected chi connectivity index (χ1v) is 37.3. The Balaban J connectivity index is 1.76. The van der Waals surface area contributed by atoms with Gasteiger partial charge >= 0.3 is 117 Å². The van der Waals surface area contributed by atoms with Crippen LogP contribution in [0.4, 0.5) is 0 Å². The summed E-state index contributed by atoms with van der Waals surface area (Å²) in [6.07, 6.45) is 0. The molecule has 0 radical (unpaired) electrons. The van der Waals surface area contributed by atoms with E-state index in [-0.39, 0.29) is 23.7 Å². The molecule has 0 saturated carbocycles. The molecule has 0 atom stereocenters. The number of alkyl halides is 6. The van der Waals surface area contributed by atoms with Gasteiger partial charge in [-0.05, 0) is 0 Å². The predicted molar refractivity (Wildman–Crippen MR) is 52.1 cm³/mol. The number of hydrogen-bond donors (Lipinski definition) is 0. The molecule has 1 nitrogen and oxygen atoms in total. The Morgan fingerprint density at radius 1 is 1.08 bits per heavy atom. The summed E-state index contributed by atoms with van der Waals surface area (Å²) in [7, 11) is 1.20. The fraction of sp³-hybridized carbons (Fsp3) is 1.00. The molecule has 0 aliphatic carbocycles. The molecule has 4 aliphatic heterocycles. The molecule has 4 fully saturated rings. The van der Waals surface area contributed by atoms with Crippen LogP contribution in [0, 0.1) is 0 Å². The van der Waals surface area contributed by atoms with Crippen molar-refractivity contribution in [3.8, 4) is 0 Å². The first-order chi connectivity index (χ1) is 5.69. The summed E-state index contributed by atoms with van der Waals surface area (Å²) in [4.78, 5) is 0. The fourth-order valence-electron chi connectivity index (χ4n) is 1.21. The Kier molecular flexibility index (Phi) is 2.56. The van der Waals surface area contributed by atoms with Crippen LogP contribution < -0.4 is 68.9 Å². The van der Waals surface area contributed by atoms with E-state index in [0.29, 0.717) is 0 Å². The van der Waals surface area contributed by atoms with Crippen molar-refractivity contribution in [3.63, 3.8) is 0 Å². The zero-order chi connectivity index (χ0) is 8.19. The van der Waals surface area contributed by atoms with Gasteiger partial charge in [0.15, 0.2) is 0 Å². The van der Waals surface area contributed by atoms with E-state index in [2.05, 4.69) is 13.7 Å². The summed E-state index contributed by atoms with van der Waals surface area (Å²) < 4.78 is 8.80. The van der Waals surface area contributed by atoms with E-state index in [1.54, 1.807) is 0 Å². The van der Waals surface area contributed by atoms with Gasteiger partial charge in [-0.3, -0.25) is 0 Å². The summed E-state index contributed by atoms with van der Waals surface area (Å²) in [6.45, 7) is 2.72. The standard InChI is InChI=1S/C4H6I6OSi/c1-11-12(2,3-5-9(3)6-3)4-7-10(4)8-4/h1-2H3/q-4. The van der Waals surface area contributed by atoms with Gasteiger partial charge in [0.1, 0.15) is 0 Å². The van der Waals surface area contributed by atoms with Crippen LogP contribution in [0.3, 0.4) is 0 Å². The van der Waals surface area contributed by atoms with Crippen LogP contribution in [0.5, 0.6) is 0 Å². The SMILES string of the molecule is CO[Si](C)(C12[I-]I1[I-]2)C12[I-]I1[I-]2. The van der Waals surface area contributed by atoms with E-state index in [9.17, 15) is 0 Å². The van der Waals surface area contributed by atoms with Crippen molar-refractivity contribution in [1.29, 1.82) is 0 Å². The van der Waals surface area contributed by atoms with Crippen molar-refractivity contribution in [1.82, 2.24) is 0 Å². The Labute approximate surface area is 113 Å². The molecule has 0 aromatic heterocycles. The predicted octanol–water partition coefficient (Wildman–Crippen LogP) is -10.3. The quantitative estimate of drug-likeness (QED) is 0.156. The Morgan fingerprint density at radius 3 is 1.58 bits per heavy atom. The van der Waals surface area contributed by atoms with Gasteiger partial charge in [0.25, 0.3) is 0 Å². The molecular weight excluding hydrogens is 854 g/mol. The monoisotopic (exact) mass is 859 g/mol. The van der Waals surface area contributed by atoms with Crippen molar-refractivity contribution in [2.24, 2.45) is 0 Å². The molecule has 4 saturated heterocycles. The third-order valence-corrected chi connectivity index (χ3v) is 172. The summed E-state index contributed by atoms with van der Waals surface area (Å²) in [5.74, 6) is 0. The number of halogens is 6. The van der Waals surface area contributed by atoms with Crippen molar-refractivity contribution in [3.05, 3.63) is 0 Å². The molecule has 0 aromatic rings. The molecule has 0 N–H and O–H groups in total. The molecule has 78 valence electrons. The maximum atomic E-state index is 6.20. The van der Waals surface area contributed by atoms with Gasteiger partial charge in [0, 0.05) is 0 Å². The molecule has 4 heterocycles. The molecule has 0 aromatic carbocycles. The van der Waals surface area contributed by atoms with Crippen LogP contribution in [0.25, 0.3) is 0 Å². The minimum absolute atomic E-state index is 0.0261. The summed E-state index contributed by atoms with van der Waals surface area (Å²) >= 11 is 3.63. The summed E-state index contributed by atoms with van der Waals surface area (Å²) in [5.41, 5.74) is 0. The maximum absolute atomic E-state index is 6.20. The van der Waals surface area contributed by atoms with E-state index in [4.69, 9.17) is 4.43 Å². The van der Waals surface area contributed by atoms with Gasteiger partial charge in [0.2, 0.25) is 0 Å². The van der Waals surface area contributed by atoms with Crippen LogP contribution in [-0.4, -0.2) is 13.5 Å². The normalized spacial score (nSPS) is 44.2. The average Bonchev–Trinajstić information content (AvgIpc) is 2.62. The molecule has 8 heteroatoms. The Bertz CT molecular complexity index is 259. The zero-order valence-corrected chi connectivity index (χ0v) is 20.1. The number of fused-ring (bicyclic) bond motifs is 2. The third-order valence-electron chi connectivity index (χ3n) is 2.39. The van der Waals surface area contributed by atoms with E-state index in [1.807, 2.05) is 0 Å². The van der Waals surface area contributed by atoms with E-state index in [0.717, 1.165) is 68.9 Å². The average molecular weight is 860 g/mol. The molecule has 0 bridgehead atoms.